The highest BCUT2D eigenvalue weighted by molar-refractivity contribution is 6.30. The smallest absolute Gasteiger partial charge is 0.238 e. The topological polar surface area (TPSA) is 58.4 Å². The van der Waals surface area contributed by atoms with Crippen molar-refractivity contribution < 1.29 is 4.79 Å². The third-order valence-electron chi connectivity index (χ3n) is 3.58. The fraction of sp³-hybridized carbons (Fsp3) is 0.562. The van der Waals surface area contributed by atoms with Crippen LogP contribution in [0, 0.1) is 12.8 Å². The number of likely N-dealkylation sites (N-methyl/N-ethyl adjacent to an activating group) is 1. The zero-order valence-electron chi connectivity index (χ0n) is 13.3. The minimum Gasteiger partial charge on any atom is -0.327 e. The quantitative estimate of drug-likeness (QED) is 0.814. The lowest BCUT2D eigenvalue weighted by Gasteiger charge is -2.21. The second kappa shape index (κ2) is 8.37. The van der Waals surface area contributed by atoms with Gasteiger partial charge in [0.2, 0.25) is 5.91 Å². The largest absolute Gasteiger partial charge is 0.327 e. The number of benzene rings is 1. The molecule has 1 unspecified atom stereocenters. The Morgan fingerprint density at radius 1 is 1.43 bits per heavy atom. The molecule has 0 aliphatic rings. The van der Waals surface area contributed by atoms with Crippen molar-refractivity contribution in [2.75, 3.05) is 25.5 Å². The van der Waals surface area contributed by atoms with Gasteiger partial charge in [0.15, 0.2) is 0 Å². The standard InChI is InChI=1S/C16H26ClN3O/c1-11(2)14(18)7-8-20(4)10-16(21)19-15-6-5-13(17)9-12(15)3/h5-6,9,11,14H,7-8,10,18H2,1-4H3,(H,19,21). The molecule has 5 heteroatoms. The van der Waals surface area contributed by atoms with Crippen LogP contribution in [0.15, 0.2) is 18.2 Å². The molecule has 0 aliphatic heterocycles. The Morgan fingerprint density at radius 2 is 2.10 bits per heavy atom. The summed E-state index contributed by atoms with van der Waals surface area (Å²) in [6, 6.07) is 5.61. The average molecular weight is 312 g/mol. The van der Waals surface area contributed by atoms with E-state index >= 15 is 0 Å². The highest BCUT2D eigenvalue weighted by atomic mass is 35.5. The van der Waals surface area contributed by atoms with Gasteiger partial charge in [-0.2, -0.15) is 0 Å². The summed E-state index contributed by atoms with van der Waals surface area (Å²) in [6.45, 7) is 7.31. The number of halogens is 1. The van der Waals surface area contributed by atoms with Crippen LogP contribution in [-0.2, 0) is 4.79 Å². The highest BCUT2D eigenvalue weighted by Crippen LogP contribution is 2.19. The molecule has 1 rings (SSSR count). The summed E-state index contributed by atoms with van der Waals surface area (Å²) in [6.07, 6.45) is 0.890. The molecule has 0 fully saturated rings. The molecule has 0 aliphatic carbocycles. The maximum absolute atomic E-state index is 12.0. The van der Waals surface area contributed by atoms with Crippen molar-refractivity contribution in [1.29, 1.82) is 0 Å². The van der Waals surface area contributed by atoms with Crippen molar-refractivity contribution >= 4 is 23.2 Å². The minimum atomic E-state index is -0.0268. The molecule has 0 saturated heterocycles. The Kier molecular flexibility index (Phi) is 7.15. The molecular weight excluding hydrogens is 286 g/mol. The number of aryl methyl sites for hydroxylation is 1. The number of hydrogen-bond donors (Lipinski definition) is 2. The Bertz CT molecular complexity index is 477. The second-order valence-corrected chi connectivity index (χ2v) is 6.38. The molecule has 1 atom stereocenters. The second-order valence-electron chi connectivity index (χ2n) is 5.94. The van der Waals surface area contributed by atoms with E-state index in [9.17, 15) is 4.79 Å². The maximum Gasteiger partial charge on any atom is 0.238 e. The number of amides is 1. The third-order valence-corrected chi connectivity index (χ3v) is 3.81. The first-order valence-electron chi connectivity index (χ1n) is 7.29. The van der Waals surface area contributed by atoms with E-state index in [-0.39, 0.29) is 11.9 Å². The summed E-state index contributed by atoms with van der Waals surface area (Å²) < 4.78 is 0. The molecule has 0 heterocycles. The molecular formula is C16H26ClN3O. The molecule has 4 nitrogen and oxygen atoms in total. The van der Waals surface area contributed by atoms with E-state index in [1.165, 1.54) is 0 Å². The normalized spacial score (nSPS) is 12.8. The van der Waals surface area contributed by atoms with Crippen LogP contribution in [0.2, 0.25) is 5.02 Å². The number of carbonyl (C=O) groups excluding carboxylic acids is 1. The molecule has 0 radical (unpaired) electrons. The third kappa shape index (κ3) is 6.46. The number of nitrogens with one attached hydrogen (secondary N) is 1. The van der Waals surface area contributed by atoms with E-state index in [2.05, 4.69) is 19.2 Å². The fourth-order valence-electron chi connectivity index (χ4n) is 1.98. The van der Waals surface area contributed by atoms with Gasteiger partial charge in [-0.15, -0.1) is 0 Å². The number of nitrogens with two attached hydrogens (primary N) is 1. The molecule has 21 heavy (non-hydrogen) atoms. The van der Waals surface area contributed by atoms with Crippen molar-refractivity contribution in [2.45, 2.75) is 33.2 Å². The molecule has 1 aromatic carbocycles. The number of hydrogen-bond acceptors (Lipinski definition) is 3. The zero-order chi connectivity index (χ0) is 16.0. The Morgan fingerprint density at radius 3 is 2.67 bits per heavy atom. The van der Waals surface area contributed by atoms with Crippen LogP contribution in [0.25, 0.3) is 0 Å². The SMILES string of the molecule is Cc1cc(Cl)ccc1NC(=O)CN(C)CCC(N)C(C)C. The predicted octanol–water partition coefficient (Wildman–Crippen LogP) is 2.89. The minimum absolute atomic E-state index is 0.0268. The lowest BCUT2D eigenvalue weighted by atomic mass is 10.0. The van der Waals surface area contributed by atoms with Gasteiger partial charge in [0.05, 0.1) is 6.54 Å². The van der Waals surface area contributed by atoms with Gasteiger partial charge in [-0.3, -0.25) is 9.69 Å². The summed E-state index contributed by atoms with van der Waals surface area (Å²) in [5, 5.41) is 3.58. The Balaban J connectivity index is 2.42. The number of carbonyl (C=O) groups is 1. The van der Waals surface area contributed by atoms with Crippen LogP contribution >= 0.6 is 11.6 Å². The van der Waals surface area contributed by atoms with E-state index in [1.54, 1.807) is 6.07 Å². The number of anilines is 1. The van der Waals surface area contributed by atoms with Gasteiger partial charge in [-0.1, -0.05) is 25.4 Å². The predicted molar refractivity (Wildman–Crippen MR) is 89.7 cm³/mol. The molecule has 1 aromatic rings. The van der Waals surface area contributed by atoms with Crippen LogP contribution < -0.4 is 11.1 Å². The molecule has 0 aromatic heterocycles. The van der Waals surface area contributed by atoms with Crippen molar-refractivity contribution in [3.63, 3.8) is 0 Å². The van der Waals surface area contributed by atoms with E-state index in [0.29, 0.717) is 17.5 Å². The maximum atomic E-state index is 12.0. The molecule has 1 amide bonds. The van der Waals surface area contributed by atoms with Gasteiger partial charge in [-0.25, -0.2) is 0 Å². The van der Waals surface area contributed by atoms with Crippen molar-refractivity contribution in [3.05, 3.63) is 28.8 Å². The van der Waals surface area contributed by atoms with E-state index in [4.69, 9.17) is 17.3 Å². The van der Waals surface area contributed by atoms with Crippen LogP contribution in [0.5, 0.6) is 0 Å². The van der Waals surface area contributed by atoms with Crippen molar-refractivity contribution in [3.8, 4) is 0 Å². The fourth-order valence-corrected chi connectivity index (χ4v) is 2.21. The van der Waals surface area contributed by atoms with Gasteiger partial charge in [0.1, 0.15) is 0 Å². The Hall–Kier alpha value is -1.10. The molecule has 118 valence electrons. The first-order valence-corrected chi connectivity index (χ1v) is 7.67. The van der Waals surface area contributed by atoms with Crippen LogP contribution in [-0.4, -0.2) is 37.0 Å². The lowest BCUT2D eigenvalue weighted by Crippen LogP contribution is -2.35. The highest BCUT2D eigenvalue weighted by Gasteiger charge is 2.12. The van der Waals surface area contributed by atoms with Crippen molar-refractivity contribution in [2.24, 2.45) is 11.7 Å². The summed E-state index contributed by atoms with van der Waals surface area (Å²) in [5.41, 5.74) is 7.77. The summed E-state index contributed by atoms with van der Waals surface area (Å²) in [5.74, 6) is 0.435. The summed E-state index contributed by atoms with van der Waals surface area (Å²) in [4.78, 5) is 14.0. The van der Waals surface area contributed by atoms with Crippen LogP contribution in [0.3, 0.4) is 0 Å². The first-order chi connectivity index (χ1) is 9.79. The average Bonchev–Trinajstić information content (AvgIpc) is 2.39. The summed E-state index contributed by atoms with van der Waals surface area (Å²) in [7, 11) is 1.93. The van der Waals surface area contributed by atoms with Gasteiger partial charge in [0.25, 0.3) is 0 Å². The molecule has 0 saturated carbocycles. The van der Waals surface area contributed by atoms with Gasteiger partial charge < -0.3 is 11.1 Å². The van der Waals surface area contributed by atoms with E-state index < -0.39 is 0 Å². The zero-order valence-corrected chi connectivity index (χ0v) is 14.1. The Labute approximate surface area is 132 Å². The van der Waals surface area contributed by atoms with Crippen LogP contribution in [0.1, 0.15) is 25.8 Å². The number of nitrogens with zero attached hydrogens (tertiary/aromatic N) is 1. The lowest BCUT2D eigenvalue weighted by molar-refractivity contribution is -0.117. The van der Waals surface area contributed by atoms with E-state index in [0.717, 1.165) is 24.2 Å². The van der Waals surface area contributed by atoms with E-state index in [1.807, 2.05) is 31.0 Å². The van der Waals surface area contributed by atoms with Gasteiger partial charge in [-0.05, 0) is 56.6 Å². The monoisotopic (exact) mass is 311 g/mol. The molecule has 0 spiro atoms. The molecule has 3 N–H and O–H groups in total. The molecule has 0 bridgehead atoms. The summed E-state index contributed by atoms with van der Waals surface area (Å²) >= 11 is 5.90. The van der Waals surface area contributed by atoms with Crippen molar-refractivity contribution in [1.82, 2.24) is 4.90 Å². The number of rotatable bonds is 7. The van der Waals surface area contributed by atoms with Gasteiger partial charge in [0, 0.05) is 16.8 Å². The first kappa shape index (κ1) is 18.0. The van der Waals surface area contributed by atoms with Gasteiger partial charge >= 0.3 is 0 Å². The van der Waals surface area contributed by atoms with Crippen LogP contribution in [0.4, 0.5) is 5.69 Å².